The summed E-state index contributed by atoms with van der Waals surface area (Å²) in [5.74, 6) is 0.613. The molecule has 5 nitrogen and oxygen atoms in total. The van der Waals surface area contributed by atoms with Crippen LogP contribution in [0.4, 0.5) is 0 Å². The van der Waals surface area contributed by atoms with E-state index in [1.807, 2.05) is 30.3 Å². The van der Waals surface area contributed by atoms with Gasteiger partial charge in [-0.05, 0) is 37.4 Å². The first-order valence-electron chi connectivity index (χ1n) is 8.08. The van der Waals surface area contributed by atoms with Crippen molar-refractivity contribution in [2.24, 2.45) is 5.92 Å². The number of hydrogen-bond acceptors (Lipinski definition) is 3. The van der Waals surface area contributed by atoms with E-state index in [4.69, 9.17) is 0 Å². The predicted molar refractivity (Wildman–Crippen MR) is 84.1 cm³/mol. The summed E-state index contributed by atoms with van der Waals surface area (Å²) in [5.41, 5.74) is 0.885. The van der Waals surface area contributed by atoms with Crippen molar-refractivity contribution in [3.63, 3.8) is 0 Å². The van der Waals surface area contributed by atoms with Gasteiger partial charge in [0, 0.05) is 19.5 Å². The summed E-state index contributed by atoms with van der Waals surface area (Å²) in [7, 11) is 0. The minimum atomic E-state index is -0.482. The van der Waals surface area contributed by atoms with Crippen LogP contribution in [0.5, 0.6) is 0 Å². The van der Waals surface area contributed by atoms with Crippen LogP contribution < -0.4 is 10.6 Å². The summed E-state index contributed by atoms with van der Waals surface area (Å²) in [6.45, 7) is 3.19. The van der Waals surface area contributed by atoms with Crippen LogP contribution in [0.3, 0.4) is 0 Å². The molecule has 3 rings (SSSR count). The lowest BCUT2D eigenvalue weighted by molar-refractivity contribution is -0.143. The topological polar surface area (TPSA) is 61.4 Å². The van der Waals surface area contributed by atoms with Gasteiger partial charge in [-0.15, -0.1) is 0 Å². The van der Waals surface area contributed by atoms with Gasteiger partial charge in [-0.25, -0.2) is 0 Å². The maximum atomic E-state index is 12.6. The molecule has 0 bridgehead atoms. The van der Waals surface area contributed by atoms with Crippen molar-refractivity contribution in [2.45, 2.75) is 25.3 Å². The highest BCUT2D eigenvalue weighted by atomic mass is 16.2. The molecule has 0 spiro atoms. The third-order valence-electron chi connectivity index (χ3n) is 4.58. The maximum absolute atomic E-state index is 12.6. The van der Waals surface area contributed by atoms with E-state index in [2.05, 4.69) is 10.6 Å². The Kier molecular flexibility index (Phi) is 4.73. The number of nitrogens with one attached hydrogen (secondary N) is 2. The molecule has 0 aromatic heterocycles. The minimum absolute atomic E-state index is 0.0756. The minimum Gasteiger partial charge on any atom is -0.352 e. The number of hydrogen-bond donors (Lipinski definition) is 2. The number of rotatable bonds is 4. The normalized spacial score (nSPS) is 25.1. The Bertz CT molecular complexity index is 526. The van der Waals surface area contributed by atoms with Gasteiger partial charge >= 0.3 is 0 Å². The molecule has 2 heterocycles. The lowest BCUT2D eigenvalue weighted by Crippen LogP contribution is -2.52. The Hall–Kier alpha value is -1.88. The Balaban J connectivity index is 1.68. The van der Waals surface area contributed by atoms with Crippen molar-refractivity contribution in [3.8, 4) is 0 Å². The van der Waals surface area contributed by atoms with E-state index in [9.17, 15) is 9.59 Å². The highest BCUT2D eigenvalue weighted by Crippen LogP contribution is 2.25. The highest BCUT2D eigenvalue weighted by molar-refractivity contribution is 5.89. The third kappa shape index (κ3) is 3.30. The van der Waals surface area contributed by atoms with E-state index in [1.165, 1.54) is 0 Å². The van der Waals surface area contributed by atoms with Crippen molar-refractivity contribution in [2.75, 3.05) is 26.2 Å². The van der Waals surface area contributed by atoms with Gasteiger partial charge in [-0.2, -0.15) is 0 Å². The van der Waals surface area contributed by atoms with Gasteiger partial charge in [-0.1, -0.05) is 30.3 Å². The van der Waals surface area contributed by atoms with Crippen LogP contribution in [0.15, 0.2) is 30.3 Å². The number of carbonyl (C=O) groups excluding carboxylic acids is 2. The zero-order valence-corrected chi connectivity index (χ0v) is 12.8. The first-order chi connectivity index (χ1) is 10.8. The van der Waals surface area contributed by atoms with Crippen molar-refractivity contribution in [1.82, 2.24) is 15.5 Å². The standard InChI is InChI=1S/C17H23N3O2/c21-15(7-6-13-8-9-18-12-13)20-11-10-19-17(22)16(20)14-4-2-1-3-5-14/h1-5,13,16,18H,6-12H2,(H,19,22). The predicted octanol–water partition coefficient (Wildman–Crippen LogP) is 1.08. The average Bonchev–Trinajstić information content (AvgIpc) is 3.06. The molecule has 118 valence electrons. The Morgan fingerprint density at radius 2 is 2.05 bits per heavy atom. The van der Waals surface area contributed by atoms with E-state index < -0.39 is 6.04 Å². The molecule has 0 aliphatic carbocycles. The second-order valence-corrected chi connectivity index (χ2v) is 6.09. The Morgan fingerprint density at radius 1 is 1.23 bits per heavy atom. The monoisotopic (exact) mass is 301 g/mol. The fourth-order valence-corrected chi connectivity index (χ4v) is 3.33. The van der Waals surface area contributed by atoms with Crippen LogP contribution in [-0.4, -0.2) is 42.9 Å². The fraction of sp³-hybridized carbons (Fsp3) is 0.529. The SMILES string of the molecule is O=C1NCCN(C(=O)CCC2CCNC2)C1c1ccccc1. The molecule has 0 radical (unpaired) electrons. The fourth-order valence-electron chi connectivity index (χ4n) is 3.33. The van der Waals surface area contributed by atoms with Crippen LogP contribution in [-0.2, 0) is 9.59 Å². The van der Waals surface area contributed by atoms with Gasteiger partial charge in [0.1, 0.15) is 6.04 Å². The summed E-state index contributed by atoms with van der Waals surface area (Å²) in [6, 6.07) is 9.08. The number of benzene rings is 1. The van der Waals surface area contributed by atoms with Gasteiger partial charge in [-0.3, -0.25) is 9.59 Å². The zero-order chi connectivity index (χ0) is 15.4. The molecule has 2 aliphatic rings. The second-order valence-electron chi connectivity index (χ2n) is 6.09. The number of nitrogens with zero attached hydrogens (tertiary/aromatic N) is 1. The molecule has 2 unspecified atom stereocenters. The first-order valence-corrected chi connectivity index (χ1v) is 8.08. The smallest absolute Gasteiger partial charge is 0.247 e. The van der Waals surface area contributed by atoms with Crippen LogP contribution in [0.25, 0.3) is 0 Å². The van der Waals surface area contributed by atoms with E-state index in [-0.39, 0.29) is 11.8 Å². The molecule has 1 aromatic carbocycles. The lowest BCUT2D eigenvalue weighted by atomic mass is 9.99. The maximum Gasteiger partial charge on any atom is 0.247 e. The van der Waals surface area contributed by atoms with Crippen LogP contribution in [0.2, 0.25) is 0 Å². The number of piperazine rings is 1. The van der Waals surface area contributed by atoms with Gasteiger partial charge in [0.05, 0.1) is 0 Å². The van der Waals surface area contributed by atoms with Crippen LogP contribution in [0.1, 0.15) is 30.9 Å². The van der Waals surface area contributed by atoms with E-state index in [0.29, 0.717) is 25.4 Å². The van der Waals surface area contributed by atoms with Gasteiger partial charge in [0.2, 0.25) is 11.8 Å². The molecule has 2 fully saturated rings. The van der Waals surface area contributed by atoms with E-state index in [1.54, 1.807) is 4.90 Å². The molecular formula is C17H23N3O2. The summed E-state index contributed by atoms with van der Waals surface area (Å²) in [6.07, 6.45) is 2.59. The van der Waals surface area contributed by atoms with E-state index >= 15 is 0 Å². The summed E-state index contributed by atoms with van der Waals surface area (Å²) in [5, 5.41) is 6.20. The molecule has 2 amide bonds. The molecule has 2 saturated heterocycles. The van der Waals surface area contributed by atoms with Gasteiger partial charge < -0.3 is 15.5 Å². The number of amides is 2. The van der Waals surface area contributed by atoms with Crippen molar-refractivity contribution in [1.29, 1.82) is 0 Å². The molecule has 2 atom stereocenters. The summed E-state index contributed by atoms with van der Waals surface area (Å²) >= 11 is 0. The zero-order valence-electron chi connectivity index (χ0n) is 12.8. The quantitative estimate of drug-likeness (QED) is 0.875. The van der Waals surface area contributed by atoms with Crippen LogP contribution in [0, 0.1) is 5.92 Å². The average molecular weight is 301 g/mol. The lowest BCUT2D eigenvalue weighted by Gasteiger charge is -2.35. The highest BCUT2D eigenvalue weighted by Gasteiger charge is 2.34. The first kappa shape index (κ1) is 15.0. The molecule has 5 heteroatoms. The van der Waals surface area contributed by atoms with Crippen molar-refractivity contribution >= 4 is 11.8 Å². The van der Waals surface area contributed by atoms with Crippen molar-refractivity contribution in [3.05, 3.63) is 35.9 Å². The van der Waals surface area contributed by atoms with Crippen molar-refractivity contribution < 1.29 is 9.59 Å². The Morgan fingerprint density at radius 3 is 2.77 bits per heavy atom. The van der Waals surface area contributed by atoms with Gasteiger partial charge in [0.25, 0.3) is 0 Å². The second kappa shape index (κ2) is 6.92. The third-order valence-corrected chi connectivity index (χ3v) is 4.58. The molecule has 2 N–H and O–H groups in total. The molecule has 22 heavy (non-hydrogen) atoms. The molecule has 2 aliphatic heterocycles. The van der Waals surface area contributed by atoms with Crippen LogP contribution >= 0.6 is 0 Å². The number of carbonyl (C=O) groups is 2. The molecular weight excluding hydrogens is 278 g/mol. The summed E-state index contributed by atoms with van der Waals surface area (Å²) < 4.78 is 0. The Labute approximate surface area is 131 Å². The molecule has 0 saturated carbocycles. The largest absolute Gasteiger partial charge is 0.352 e. The van der Waals surface area contributed by atoms with Gasteiger partial charge in [0.15, 0.2) is 0 Å². The summed E-state index contributed by atoms with van der Waals surface area (Å²) in [4.78, 5) is 26.6. The molecule has 1 aromatic rings. The van der Waals surface area contributed by atoms with E-state index in [0.717, 1.165) is 31.5 Å².